The van der Waals surface area contributed by atoms with Crippen LogP contribution in [0, 0.1) is 0 Å². The maximum atomic E-state index is 12.6. The molecule has 30 heavy (non-hydrogen) atoms. The van der Waals surface area contributed by atoms with Crippen LogP contribution in [-0.2, 0) is 17.5 Å². The zero-order chi connectivity index (χ0) is 21.6. The lowest BCUT2D eigenvalue weighted by atomic mass is 10.0. The van der Waals surface area contributed by atoms with Gasteiger partial charge in [-0.25, -0.2) is 10.9 Å². The molecule has 1 heterocycles. The molecule has 0 aliphatic carbocycles. The molecule has 2 atom stereocenters. The topological polar surface area (TPSA) is 62.4 Å². The highest BCUT2D eigenvalue weighted by atomic mass is 19.4. The van der Waals surface area contributed by atoms with Crippen LogP contribution in [0.5, 0.6) is 5.75 Å². The van der Waals surface area contributed by atoms with Gasteiger partial charge in [-0.3, -0.25) is 4.79 Å². The minimum absolute atomic E-state index is 0.0171. The van der Waals surface area contributed by atoms with Crippen LogP contribution in [0.15, 0.2) is 48.5 Å². The molecule has 0 saturated carbocycles. The minimum Gasteiger partial charge on any atom is -0.494 e. The summed E-state index contributed by atoms with van der Waals surface area (Å²) in [5.74, 6) is 0.619. The first kappa shape index (κ1) is 22.1. The molecule has 0 spiro atoms. The Hall–Kier alpha value is -2.58. The number of hydrogen-bond donors (Lipinski definition) is 3. The number of unbranched alkanes of at least 4 members (excludes halogenated alkanes) is 1. The first-order valence-electron chi connectivity index (χ1n) is 10.0. The van der Waals surface area contributed by atoms with Crippen molar-refractivity contribution in [1.82, 2.24) is 16.2 Å². The maximum absolute atomic E-state index is 12.6. The fourth-order valence-electron chi connectivity index (χ4n) is 3.20. The summed E-state index contributed by atoms with van der Waals surface area (Å²) in [5.41, 5.74) is 7.05. The third-order valence-corrected chi connectivity index (χ3v) is 5.02. The first-order chi connectivity index (χ1) is 14.4. The van der Waals surface area contributed by atoms with Crippen LogP contribution in [-0.4, -0.2) is 18.6 Å². The van der Waals surface area contributed by atoms with Gasteiger partial charge < -0.3 is 10.1 Å². The van der Waals surface area contributed by atoms with E-state index in [0.29, 0.717) is 18.6 Å². The molecule has 0 radical (unpaired) electrons. The molecule has 1 aliphatic rings. The number of amides is 1. The Morgan fingerprint density at radius 2 is 1.80 bits per heavy atom. The Morgan fingerprint density at radius 1 is 1.10 bits per heavy atom. The van der Waals surface area contributed by atoms with E-state index < -0.39 is 17.8 Å². The van der Waals surface area contributed by atoms with Crippen molar-refractivity contribution in [1.29, 1.82) is 0 Å². The van der Waals surface area contributed by atoms with E-state index in [0.717, 1.165) is 36.3 Å². The Bertz CT molecular complexity index is 823. The average molecular weight is 421 g/mol. The van der Waals surface area contributed by atoms with Crippen molar-refractivity contribution in [2.45, 2.75) is 51.0 Å². The van der Waals surface area contributed by atoms with Crippen molar-refractivity contribution < 1.29 is 22.7 Å². The number of halogens is 3. The smallest absolute Gasteiger partial charge is 0.416 e. The van der Waals surface area contributed by atoms with Gasteiger partial charge in [0.2, 0.25) is 5.91 Å². The van der Waals surface area contributed by atoms with Crippen molar-refractivity contribution in [3.8, 4) is 5.75 Å². The summed E-state index contributed by atoms with van der Waals surface area (Å²) in [5, 5.41) is 2.77. The number of rotatable bonds is 8. The molecular formula is C22H26F3N3O2. The molecule has 5 nitrogen and oxygen atoms in total. The van der Waals surface area contributed by atoms with Crippen LogP contribution < -0.4 is 20.9 Å². The molecule has 1 aliphatic heterocycles. The summed E-state index contributed by atoms with van der Waals surface area (Å²) in [4.78, 5) is 12.4. The predicted molar refractivity (Wildman–Crippen MR) is 108 cm³/mol. The van der Waals surface area contributed by atoms with Gasteiger partial charge in [0, 0.05) is 12.6 Å². The first-order valence-corrected chi connectivity index (χ1v) is 10.0. The van der Waals surface area contributed by atoms with E-state index in [1.54, 1.807) is 0 Å². The zero-order valence-corrected chi connectivity index (χ0v) is 16.8. The summed E-state index contributed by atoms with van der Waals surface area (Å²) in [7, 11) is 0. The van der Waals surface area contributed by atoms with E-state index in [-0.39, 0.29) is 18.5 Å². The van der Waals surface area contributed by atoms with Gasteiger partial charge in [-0.2, -0.15) is 13.2 Å². The lowest BCUT2D eigenvalue weighted by molar-refractivity contribution is -0.137. The van der Waals surface area contributed by atoms with E-state index in [2.05, 4.69) is 23.1 Å². The largest absolute Gasteiger partial charge is 0.494 e. The third kappa shape index (κ3) is 5.96. The fraction of sp³-hybridized carbons (Fsp3) is 0.409. The number of hydrogen-bond acceptors (Lipinski definition) is 4. The van der Waals surface area contributed by atoms with Crippen molar-refractivity contribution >= 4 is 5.91 Å². The van der Waals surface area contributed by atoms with Gasteiger partial charge in [-0.15, -0.1) is 0 Å². The van der Waals surface area contributed by atoms with Crippen LogP contribution in [0.3, 0.4) is 0 Å². The summed E-state index contributed by atoms with van der Waals surface area (Å²) < 4.78 is 43.5. The molecule has 2 aromatic rings. The van der Waals surface area contributed by atoms with Crippen LogP contribution in [0.2, 0.25) is 0 Å². The summed E-state index contributed by atoms with van der Waals surface area (Å²) in [6.07, 6.45) is -1.71. The fourth-order valence-corrected chi connectivity index (χ4v) is 3.20. The predicted octanol–water partition coefficient (Wildman–Crippen LogP) is 4.11. The number of hydrazine groups is 1. The standard InChI is InChI=1S/C22H26F3N3O2/c1-2-3-12-30-18-10-6-16(7-11-18)19-13-20(28-27-19)21(29)26-14-15-4-8-17(9-5-15)22(23,24)25/h4-11,19-20,27-28H,2-3,12-14H2,1H3,(H,26,29). The molecule has 1 fully saturated rings. The van der Waals surface area contributed by atoms with Gasteiger partial charge in [0.25, 0.3) is 0 Å². The Labute approximate surface area is 174 Å². The molecule has 1 saturated heterocycles. The quantitative estimate of drug-likeness (QED) is 0.562. The zero-order valence-electron chi connectivity index (χ0n) is 16.8. The molecular weight excluding hydrogens is 395 g/mol. The van der Waals surface area contributed by atoms with Crippen LogP contribution >= 0.6 is 0 Å². The molecule has 8 heteroatoms. The van der Waals surface area contributed by atoms with Crippen molar-refractivity contribution in [3.63, 3.8) is 0 Å². The average Bonchev–Trinajstić information content (AvgIpc) is 3.23. The van der Waals surface area contributed by atoms with Gasteiger partial charge >= 0.3 is 6.18 Å². The highest BCUT2D eigenvalue weighted by Gasteiger charge is 2.31. The van der Waals surface area contributed by atoms with Crippen LogP contribution in [0.1, 0.15) is 48.9 Å². The lowest BCUT2D eigenvalue weighted by Crippen LogP contribution is -2.42. The Kier molecular flexibility index (Phi) is 7.33. The van der Waals surface area contributed by atoms with Gasteiger partial charge in [-0.05, 0) is 48.2 Å². The van der Waals surface area contributed by atoms with Gasteiger partial charge in [0.1, 0.15) is 11.8 Å². The molecule has 2 aromatic carbocycles. The minimum atomic E-state index is -4.37. The normalized spacial score (nSPS) is 18.9. The molecule has 0 bridgehead atoms. The molecule has 3 N–H and O–H groups in total. The molecule has 1 amide bonds. The second kappa shape index (κ2) is 9.95. The van der Waals surface area contributed by atoms with Crippen LogP contribution in [0.25, 0.3) is 0 Å². The van der Waals surface area contributed by atoms with E-state index in [9.17, 15) is 18.0 Å². The SMILES string of the molecule is CCCCOc1ccc(C2CC(C(=O)NCc3ccc(C(F)(F)F)cc3)NN2)cc1. The number of carbonyl (C=O) groups excluding carboxylic acids is 1. The van der Waals surface area contributed by atoms with Gasteiger partial charge in [-0.1, -0.05) is 37.6 Å². The maximum Gasteiger partial charge on any atom is 0.416 e. The second-order valence-electron chi connectivity index (χ2n) is 7.31. The Balaban J connectivity index is 1.47. The Morgan fingerprint density at radius 3 is 2.43 bits per heavy atom. The van der Waals surface area contributed by atoms with E-state index in [1.807, 2.05) is 24.3 Å². The number of benzene rings is 2. The van der Waals surface area contributed by atoms with Crippen molar-refractivity contribution in [3.05, 3.63) is 65.2 Å². The monoisotopic (exact) mass is 421 g/mol. The third-order valence-electron chi connectivity index (χ3n) is 5.02. The second-order valence-corrected chi connectivity index (χ2v) is 7.31. The number of carbonyl (C=O) groups is 1. The molecule has 0 aromatic heterocycles. The highest BCUT2D eigenvalue weighted by molar-refractivity contribution is 5.82. The van der Waals surface area contributed by atoms with Gasteiger partial charge in [0.15, 0.2) is 0 Å². The number of ether oxygens (including phenoxy) is 1. The van der Waals surface area contributed by atoms with E-state index in [1.165, 1.54) is 12.1 Å². The lowest BCUT2D eigenvalue weighted by Gasteiger charge is -2.12. The molecule has 2 unspecified atom stereocenters. The van der Waals surface area contributed by atoms with E-state index in [4.69, 9.17) is 4.74 Å². The number of nitrogens with one attached hydrogen (secondary N) is 3. The summed E-state index contributed by atoms with van der Waals surface area (Å²) in [6, 6.07) is 12.1. The van der Waals surface area contributed by atoms with E-state index >= 15 is 0 Å². The van der Waals surface area contributed by atoms with Gasteiger partial charge in [0.05, 0.1) is 12.2 Å². The summed E-state index contributed by atoms with van der Waals surface area (Å²) in [6.45, 7) is 2.98. The summed E-state index contributed by atoms with van der Waals surface area (Å²) >= 11 is 0. The molecule has 3 rings (SSSR count). The molecule has 162 valence electrons. The highest BCUT2D eigenvalue weighted by Crippen LogP contribution is 2.29. The van der Waals surface area contributed by atoms with Crippen molar-refractivity contribution in [2.24, 2.45) is 0 Å². The van der Waals surface area contributed by atoms with Crippen LogP contribution in [0.4, 0.5) is 13.2 Å². The number of alkyl halides is 3. The van der Waals surface area contributed by atoms with Crippen molar-refractivity contribution in [2.75, 3.05) is 6.61 Å².